The van der Waals surface area contributed by atoms with E-state index in [4.69, 9.17) is 18.9 Å². The summed E-state index contributed by atoms with van der Waals surface area (Å²) < 4.78 is 63.8. The number of aromatic nitrogens is 4. The SMILES string of the molecule is O=c1[nH]c2nc(OCCCOc3cccc(OC(F)(F)F)c3)[nH]c2c(=O)n1CCOC1CCCCO1. The van der Waals surface area contributed by atoms with Crippen molar-refractivity contribution >= 4 is 11.2 Å². The highest BCUT2D eigenvalue weighted by atomic mass is 19.4. The molecular formula is C22H25F3N4O7. The zero-order valence-corrected chi connectivity index (χ0v) is 19.1. The zero-order valence-electron chi connectivity index (χ0n) is 19.1. The smallest absolute Gasteiger partial charge is 0.493 e. The van der Waals surface area contributed by atoms with Crippen LogP contribution in [0.3, 0.4) is 0 Å². The van der Waals surface area contributed by atoms with Crippen LogP contribution in [0.4, 0.5) is 13.2 Å². The highest BCUT2D eigenvalue weighted by Gasteiger charge is 2.31. The average molecular weight is 514 g/mol. The van der Waals surface area contributed by atoms with Gasteiger partial charge < -0.3 is 28.7 Å². The molecule has 1 aliphatic heterocycles. The maximum Gasteiger partial charge on any atom is 0.573 e. The number of aromatic amines is 2. The molecule has 0 aliphatic carbocycles. The molecule has 1 unspecified atom stereocenters. The van der Waals surface area contributed by atoms with Gasteiger partial charge in [-0.15, -0.1) is 13.2 Å². The van der Waals surface area contributed by atoms with Gasteiger partial charge in [-0.25, -0.2) is 4.79 Å². The van der Waals surface area contributed by atoms with Crippen LogP contribution in [0.1, 0.15) is 25.7 Å². The van der Waals surface area contributed by atoms with E-state index in [0.717, 1.165) is 29.9 Å². The van der Waals surface area contributed by atoms with Gasteiger partial charge in [-0.05, 0) is 31.4 Å². The molecule has 1 fully saturated rings. The number of alkyl halides is 3. The van der Waals surface area contributed by atoms with E-state index in [9.17, 15) is 22.8 Å². The second-order valence-corrected chi connectivity index (χ2v) is 7.89. The zero-order chi connectivity index (χ0) is 25.5. The third-order valence-corrected chi connectivity index (χ3v) is 5.20. The monoisotopic (exact) mass is 514 g/mol. The fraction of sp³-hybridized carbons (Fsp3) is 0.500. The topological polar surface area (TPSA) is 130 Å². The number of nitrogens with one attached hydrogen (secondary N) is 2. The van der Waals surface area contributed by atoms with Crippen LogP contribution in [0.25, 0.3) is 11.2 Å². The predicted molar refractivity (Wildman–Crippen MR) is 119 cm³/mol. The normalized spacial score (nSPS) is 16.2. The molecule has 2 aromatic heterocycles. The third-order valence-electron chi connectivity index (χ3n) is 5.20. The first-order valence-electron chi connectivity index (χ1n) is 11.4. The first kappa shape index (κ1) is 25.6. The van der Waals surface area contributed by atoms with Crippen LogP contribution in [0.5, 0.6) is 17.5 Å². The van der Waals surface area contributed by atoms with Gasteiger partial charge in [-0.3, -0.25) is 14.3 Å². The van der Waals surface area contributed by atoms with Gasteiger partial charge in [0, 0.05) is 19.1 Å². The molecule has 11 nitrogen and oxygen atoms in total. The fourth-order valence-corrected chi connectivity index (χ4v) is 3.56. The average Bonchev–Trinajstić information content (AvgIpc) is 3.23. The van der Waals surface area contributed by atoms with Crippen molar-refractivity contribution in [2.75, 3.05) is 26.4 Å². The maximum atomic E-state index is 12.7. The lowest BCUT2D eigenvalue weighted by Crippen LogP contribution is -2.37. The number of fused-ring (bicyclic) bond motifs is 1. The van der Waals surface area contributed by atoms with Crippen molar-refractivity contribution in [2.45, 2.75) is 44.9 Å². The van der Waals surface area contributed by atoms with Gasteiger partial charge in [0.1, 0.15) is 11.5 Å². The Hall–Kier alpha value is -3.52. The lowest BCUT2D eigenvalue weighted by atomic mass is 10.2. The second-order valence-electron chi connectivity index (χ2n) is 7.89. The minimum Gasteiger partial charge on any atom is -0.493 e. The van der Waals surface area contributed by atoms with E-state index < -0.39 is 17.6 Å². The van der Waals surface area contributed by atoms with E-state index >= 15 is 0 Å². The molecule has 1 aromatic carbocycles. The Bertz CT molecular complexity index is 1260. The third kappa shape index (κ3) is 7.01. The van der Waals surface area contributed by atoms with E-state index in [1.54, 1.807) is 0 Å². The summed E-state index contributed by atoms with van der Waals surface area (Å²) in [7, 11) is 0. The van der Waals surface area contributed by atoms with Crippen molar-refractivity contribution in [1.29, 1.82) is 0 Å². The first-order chi connectivity index (χ1) is 17.3. The van der Waals surface area contributed by atoms with Gasteiger partial charge in [0.25, 0.3) is 11.6 Å². The van der Waals surface area contributed by atoms with Gasteiger partial charge in [-0.2, -0.15) is 4.98 Å². The molecule has 3 heterocycles. The number of ether oxygens (including phenoxy) is 5. The minimum absolute atomic E-state index is 0.0305. The molecular weight excluding hydrogens is 489 g/mol. The molecule has 3 aromatic rings. The van der Waals surface area contributed by atoms with Gasteiger partial charge in [-0.1, -0.05) is 6.07 Å². The molecule has 1 saturated heterocycles. The van der Waals surface area contributed by atoms with Crippen molar-refractivity contribution in [3.8, 4) is 17.5 Å². The Morgan fingerprint density at radius 3 is 2.67 bits per heavy atom. The quantitative estimate of drug-likeness (QED) is 0.374. The lowest BCUT2D eigenvalue weighted by Gasteiger charge is -2.22. The van der Waals surface area contributed by atoms with Gasteiger partial charge in [0.2, 0.25) is 0 Å². The Labute approximate surface area is 202 Å². The number of hydrogen-bond donors (Lipinski definition) is 2. The molecule has 1 atom stereocenters. The van der Waals surface area contributed by atoms with Gasteiger partial charge in [0.05, 0.1) is 26.4 Å². The summed E-state index contributed by atoms with van der Waals surface area (Å²) in [5.41, 5.74) is -1.04. The van der Waals surface area contributed by atoms with E-state index in [0.29, 0.717) is 13.0 Å². The van der Waals surface area contributed by atoms with Crippen molar-refractivity contribution in [2.24, 2.45) is 0 Å². The van der Waals surface area contributed by atoms with E-state index in [1.807, 2.05) is 0 Å². The molecule has 14 heteroatoms. The van der Waals surface area contributed by atoms with Crippen LogP contribution in [0.2, 0.25) is 0 Å². The van der Waals surface area contributed by atoms with Crippen molar-refractivity contribution < 1.29 is 36.9 Å². The molecule has 0 radical (unpaired) electrons. The summed E-state index contributed by atoms with van der Waals surface area (Å²) in [5, 5.41) is 0. The van der Waals surface area contributed by atoms with Crippen molar-refractivity contribution in [1.82, 2.24) is 19.5 Å². The fourth-order valence-electron chi connectivity index (χ4n) is 3.56. The standard InChI is InChI=1S/C22H25F3N4O7/c23-22(24,25)36-15-6-3-5-14(13-15)32-10-4-11-35-20-26-17-18(27-20)28-21(31)29(19(17)30)8-12-34-16-7-1-2-9-33-16/h3,5-6,13,16H,1-2,4,7-12H2,(H,26,27)(H,28,31). The minimum atomic E-state index is -4.79. The summed E-state index contributed by atoms with van der Waals surface area (Å²) in [5.74, 6) is -0.176. The van der Waals surface area contributed by atoms with Gasteiger partial charge in [0.15, 0.2) is 17.5 Å². The van der Waals surface area contributed by atoms with Crippen molar-refractivity contribution in [3.63, 3.8) is 0 Å². The highest BCUT2D eigenvalue weighted by Crippen LogP contribution is 2.26. The molecule has 0 bridgehead atoms. The summed E-state index contributed by atoms with van der Waals surface area (Å²) >= 11 is 0. The lowest BCUT2D eigenvalue weighted by molar-refractivity contribution is -0.274. The van der Waals surface area contributed by atoms with Crippen LogP contribution in [-0.4, -0.2) is 58.6 Å². The molecule has 1 aliphatic rings. The molecule has 36 heavy (non-hydrogen) atoms. The van der Waals surface area contributed by atoms with Crippen LogP contribution in [-0.2, 0) is 16.0 Å². The van der Waals surface area contributed by atoms with E-state index in [1.165, 1.54) is 18.2 Å². The van der Waals surface area contributed by atoms with Crippen molar-refractivity contribution in [3.05, 3.63) is 45.1 Å². The summed E-state index contributed by atoms with van der Waals surface area (Å²) in [6, 6.07) is 5.20. The van der Waals surface area contributed by atoms with E-state index in [2.05, 4.69) is 19.7 Å². The molecule has 0 saturated carbocycles. The number of benzene rings is 1. The van der Waals surface area contributed by atoms with E-state index in [-0.39, 0.29) is 61.3 Å². The molecule has 196 valence electrons. The molecule has 4 rings (SSSR count). The molecule has 0 spiro atoms. The number of H-pyrrole nitrogens is 2. The Kier molecular flexibility index (Phi) is 8.15. The number of hydrogen-bond acceptors (Lipinski definition) is 8. The van der Waals surface area contributed by atoms with Gasteiger partial charge >= 0.3 is 12.1 Å². The van der Waals surface area contributed by atoms with Crippen LogP contribution in [0, 0.1) is 0 Å². The summed E-state index contributed by atoms with van der Waals surface area (Å²) in [6.07, 6.45) is -1.99. The number of rotatable bonds is 11. The first-order valence-corrected chi connectivity index (χ1v) is 11.4. The number of halogens is 3. The number of nitrogens with zero attached hydrogens (tertiary/aromatic N) is 2. The largest absolute Gasteiger partial charge is 0.573 e. The molecule has 0 amide bonds. The van der Waals surface area contributed by atoms with Crippen LogP contribution in [0.15, 0.2) is 33.9 Å². The van der Waals surface area contributed by atoms with Crippen LogP contribution < -0.4 is 25.5 Å². The Morgan fingerprint density at radius 2 is 1.89 bits per heavy atom. The maximum absolute atomic E-state index is 12.7. The highest BCUT2D eigenvalue weighted by molar-refractivity contribution is 5.69. The summed E-state index contributed by atoms with van der Waals surface area (Å²) in [4.78, 5) is 34.4. The predicted octanol–water partition coefficient (Wildman–Crippen LogP) is 2.70. The second kappa shape index (κ2) is 11.5. The molecule has 2 N–H and O–H groups in total. The Balaban J connectivity index is 1.27. The summed E-state index contributed by atoms with van der Waals surface area (Å²) in [6.45, 7) is 1.09. The Morgan fingerprint density at radius 1 is 1.08 bits per heavy atom. The van der Waals surface area contributed by atoms with Crippen LogP contribution >= 0.6 is 0 Å². The number of imidazole rings is 1.